The van der Waals surface area contributed by atoms with Crippen LogP contribution in [0.2, 0.25) is 0 Å². The summed E-state index contributed by atoms with van der Waals surface area (Å²) in [4.78, 5) is 39.7. The first-order valence-corrected chi connectivity index (χ1v) is 12.5. The molecule has 0 spiro atoms. The minimum atomic E-state index is -3.97. The van der Waals surface area contributed by atoms with Crippen molar-refractivity contribution in [1.82, 2.24) is 14.3 Å². The first kappa shape index (κ1) is 24.0. The largest absolute Gasteiger partial charge is 0.331 e. The van der Waals surface area contributed by atoms with Crippen LogP contribution in [0.4, 0.5) is 10.1 Å². The van der Waals surface area contributed by atoms with Crippen molar-refractivity contribution in [2.75, 3.05) is 6.26 Å². The zero-order valence-corrected chi connectivity index (χ0v) is 19.6. The third-order valence-electron chi connectivity index (χ3n) is 5.58. The van der Waals surface area contributed by atoms with Gasteiger partial charge in [-0.05, 0) is 59.6 Å². The van der Waals surface area contributed by atoms with Gasteiger partial charge in [0, 0.05) is 33.8 Å². The van der Waals surface area contributed by atoms with Gasteiger partial charge in [-0.15, -0.1) is 4.91 Å². The van der Waals surface area contributed by atoms with Crippen LogP contribution in [0.25, 0.3) is 22.0 Å². The Morgan fingerprint density at radius 3 is 2.60 bits per heavy atom. The van der Waals surface area contributed by atoms with E-state index in [2.05, 4.69) is 10.2 Å². The molecule has 2 aromatic heterocycles. The van der Waals surface area contributed by atoms with Crippen molar-refractivity contribution < 1.29 is 17.6 Å². The van der Waals surface area contributed by atoms with Gasteiger partial charge in [-0.25, -0.2) is 17.5 Å². The molecule has 0 saturated carbocycles. The molecule has 11 heteroatoms. The Balaban J connectivity index is 2.11. The maximum absolute atomic E-state index is 14.7. The van der Waals surface area contributed by atoms with E-state index in [9.17, 15) is 27.3 Å². The quantitative estimate of drug-likeness (QED) is 0.376. The molecule has 1 amide bonds. The molecular weight excluding hydrogens is 475 g/mol. The molecule has 35 heavy (non-hydrogen) atoms. The number of nitrogens with one attached hydrogen (secondary N) is 2. The van der Waals surface area contributed by atoms with E-state index in [1.165, 1.54) is 29.0 Å². The van der Waals surface area contributed by atoms with Crippen molar-refractivity contribution >= 4 is 32.5 Å². The maximum atomic E-state index is 14.7. The normalized spacial score (nSPS) is 11.5. The smallest absolute Gasteiger partial charge is 0.282 e. The lowest BCUT2D eigenvalue weighted by Gasteiger charge is -2.13. The van der Waals surface area contributed by atoms with E-state index < -0.39 is 27.3 Å². The number of rotatable bonds is 7. The number of halogens is 1. The molecule has 4 rings (SSSR count). The summed E-state index contributed by atoms with van der Waals surface area (Å²) in [6.07, 6.45) is 2.94. The Bertz CT molecular complexity index is 1640. The van der Waals surface area contributed by atoms with Crippen LogP contribution in [0.3, 0.4) is 0 Å². The number of hydrogen-bond acceptors (Lipinski definition) is 6. The highest BCUT2D eigenvalue weighted by atomic mass is 32.2. The number of nitrogens with zero attached hydrogens (tertiary/aromatic N) is 2. The molecule has 2 N–H and O–H groups in total. The molecule has 180 valence electrons. The number of fused-ring (bicyclic) bond motifs is 1. The number of amides is 1. The topological polar surface area (TPSA) is 130 Å². The predicted molar refractivity (Wildman–Crippen MR) is 131 cm³/mol. The number of pyridine rings is 1. The molecule has 0 fully saturated rings. The van der Waals surface area contributed by atoms with E-state index in [-0.39, 0.29) is 34.6 Å². The molecule has 0 aliphatic heterocycles. The molecular formula is C24H21FN4O5S. The Morgan fingerprint density at radius 2 is 1.94 bits per heavy atom. The van der Waals surface area contributed by atoms with E-state index >= 15 is 0 Å². The standard InChI is InChI=1S/C24H21FN4O5S/c1-3-14-6-9-20-18(11-14)21(17-5-4-10-26-23(17)30)22(24(31)28-35(2,33)34)29(20)13-15-12-16(27-32)7-8-19(15)25/h4-12H,3,13H2,1-2H3,(H,26,30)(H,28,31). The van der Waals surface area contributed by atoms with Crippen LogP contribution in [-0.4, -0.2) is 30.1 Å². The van der Waals surface area contributed by atoms with E-state index in [4.69, 9.17) is 0 Å². The van der Waals surface area contributed by atoms with E-state index in [0.717, 1.165) is 17.9 Å². The lowest BCUT2D eigenvalue weighted by atomic mass is 10.0. The van der Waals surface area contributed by atoms with Crippen molar-refractivity contribution in [2.24, 2.45) is 5.18 Å². The summed E-state index contributed by atoms with van der Waals surface area (Å²) in [5.41, 5.74) is 1.17. The summed E-state index contributed by atoms with van der Waals surface area (Å²) in [6, 6.07) is 12.0. The van der Waals surface area contributed by atoms with Gasteiger partial charge in [0.25, 0.3) is 11.5 Å². The summed E-state index contributed by atoms with van der Waals surface area (Å²) in [5, 5.41) is 3.36. The minimum Gasteiger partial charge on any atom is -0.331 e. The van der Waals surface area contributed by atoms with Crippen LogP contribution in [0.15, 0.2) is 64.7 Å². The second kappa shape index (κ2) is 9.26. The fourth-order valence-electron chi connectivity index (χ4n) is 4.04. The van der Waals surface area contributed by atoms with Gasteiger partial charge in [-0.3, -0.25) is 9.59 Å². The third-order valence-corrected chi connectivity index (χ3v) is 6.14. The molecule has 4 aromatic rings. The van der Waals surface area contributed by atoms with Gasteiger partial charge in [-0.1, -0.05) is 13.0 Å². The highest BCUT2D eigenvalue weighted by Crippen LogP contribution is 2.35. The molecule has 0 atom stereocenters. The SMILES string of the molecule is CCc1ccc2c(c1)c(-c1ccc[nH]c1=O)c(C(=O)NS(C)(=O)=O)n2Cc1cc(N=O)ccc1F. The number of aryl methyl sites for hydroxylation is 1. The van der Waals surface area contributed by atoms with Gasteiger partial charge in [0.1, 0.15) is 17.2 Å². The Kier molecular flexibility index (Phi) is 6.35. The fraction of sp³-hybridized carbons (Fsp3) is 0.167. The second-order valence-electron chi connectivity index (χ2n) is 8.00. The van der Waals surface area contributed by atoms with Crippen molar-refractivity contribution in [2.45, 2.75) is 19.9 Å². The number of aromatic nitrogens is 2. The number of H-pyrrole nitrogens is 1. The van der Waals surface area contributed by atoms with Gasteiger partial charge in [0.2, 0.25) is 10.0 Å². The molecule has 0 saturated heterocycles. The minimum absolute atomic E-state index is 0.00649. The lowest BCUT2D eigenvalue weighted by molar-refractivity contribution is 0.0974. The van der Waals surface area contributed by atoms with E-state index in [1.807, 2.05) is 23.8 Å². The Morgan fingerprint density at radius 1 is 1.17 bits per heavy atom. The molecule has 0 unspecified atom stereocenters. The zero-order chi connectivity index (χ0) is 25.3. The van der Waals surface area contributed by atoms with E-state index in [0.29, 0.717) is 17.3 Å². The van der Waals surface area contributed by atoms with Crippen LogP contribution < -0.4 is 10.3 Å². The number of hydrogen-bond donors (Lipinski definition) is 2. The zero-order valence-electron chi connectivity index (χ0n) is 18.8. The monoisotopic (exact) mass is 496 g/mol. The molecule has 0 aliphatic carbocycles. The number of carbonyl (C=O) groups is 1. The number of nitroso groups, excluding NO2 is 1. The van der Waals surface area contributed by atoms with Crippen LogP contribution in [0, 0.1) is 10.7 Å². The van der Waals surface area contributed by atoms with Gasteiger partial charge < -0.3 is 9.55 Å². The summed E-state index contributed by atoms with van der Waals surface area (Å²) in [6.45, 7) is 1.71. The molecule has 2 aromatic carbocycles. The number of benzene rings is 2. The van der Waals surface area contributed by atoms with Gasteiger partial charge in [0.05, 0.1) is 12.8 Å². The number of sulfonamides is 1. The van der Waals surface area contributed by atoms with Crippen LogP contribution in [0.5, 0.6) is 0 Å². The van der Waals surface area contributed by atoms with Crippen molar-refractivity contribution in [3.05, 3.63) is 92.6 Å². The lowest BCUT2D eigenvalue weighted by Crippen LogP contribution is -2.32. The average Bonchev–Trinajstić information content (AvgIpc) is 3.13. The molecule has 9 nitrogen and oxygen atoms in total. The van der Waals surface area contributed by atoms with Crippen molar-refractivity contribution in [3.8, 4) is 11.1 Å². The summed E-state index contributed by atoms with van der Waals surface area (Å²) in [5.74, 6) is -1.62. The highest BCUT2D eigenvalue weighted by Gasteiger charge is 2.27. The Hall–Kier alpha value is -4.12. The average molecular weight is 497 g/mol. The van der Waals surface area contributed by atoms with E-state index in [1.54, 1.807) is 12.1 Å². The summed E-state index contributed by atoms with van der Waals surface area (Å²) < 4.78 is 42.0. The third kappa shape index (κ3) is 4.76. The van der Waals surface area contributed by atoms with Crippen molar-refractivity contribution in [1.29, 1.82) is 0 Å². The second-order valence-corrected chi connectivity index (χ2v) is 9.75. The van der Waals surface area contributed by atoms with Crippen LogP contribution in [0.1, 0.15) is 28.5 Å². The van der Waals surface area contributed by atoms with Crippen LogP contribution in [-0.2, 0) is 23.0 Å². The molecule has 2 heterocycles. The first-order chi connectivity index (χ1) is 16.6. The molecule has 0 radical (unpaired) electrons. The van der Waals surface area contributed by atoms with Gasteiger partial charge in [0.15, 0.2) is 0 Å². The molecule has 0 bridgehead atoms. The van der Waals surface area contributed by atoms with Crippen LogP contribution >= 0.6 is 0 Å². The molecule has 0 aliphatic rings. The fourth-order valence-corrected chi connectivity index (χ4v) is 4.47. The summed E-state index contributed by atoms with van der Waals surface area (Å²) in [7, 11) is -3.97. The van der Waals surface area contributed by atoms with Crippen molar-refractivity contribution in [3.63, 3.8) is 0 Å². The maximum Gasteiger partial charge on any atom is 0.282 e. The highest BCUT2D eigenvalue weighted by molar-refractivity contribution is 7.89. The number of aromatic amines is 1. The first-order valence-electron chi connectivity index (χ1n) is 10.6. The number of carbonyl (C=O) groups excluding carboxylic acids is 1. The van der Waals surface area contributed by atoms with Gasteiger partial charge >= 0.3 is 0 Å². The Labute approximate surface area is 199 Å². The van der Waals surface area contributed by atoms with Gasteiger partial charge in [-0.2, -0.15) is 0 Å². The predicted octanol–water partition coefficient (Wildman–Crippen LogP) is 3.83. The summed E-state index contributed by atoms with van der Waals surface area (Å²) >= 11 is 0.